The molecule has 1 aliphatic heterocycles. The number of carbonyl (C=O) groups excluding carboxylic acids is 1. The van der Waals surface area contributed by atoms with Gasteiger partial charge in [0.2, 0.25) is 0 Å². The lowest BCUT2D eigenvalue weighted by Crippen LogP contribution is -2.40. The molecule has 11 heteroatoms. The van der Waals surface area contributed by atoms with Gasteiger partial charge in [-0.2, -0.15) is 18.3 Å². The molecule has 37 heavy (non-hydrogen) atoms. The second kappa shape index (κ2) is 9.45. The predicted octanol–water partition coefficient (Wildman–Crippen LogP) is 4.93. The molecule has 0 spiro atoms. The summed E-state index contributed by atoms with van der Waals surface area (Å²) in [4.78, 5) is 23.3. The van der Waals surface area contributed by atoms with E-state index in [1.165, 1.54) is 18.3 Å². The molecule has 1 aromatic carbocycles. The van der Waals surface area contributed by atoms with Gasteiger partial charge in [-0.05, 0) is 61.9 Å². The number of hydrogen-bond donors (Lipinski definition) is 1. The largest absolute Gasteiger partial charge is 0.418 e. The molecular formula is C26H24F4N6O. The first kappa shape index (κ1) is 24.7. The summed E-state index contributed by atoms with van der Waals surface area (Å²) >= 11 is 0. The molecule has 0 unspecified atom stereocenters. The number of likely N-dealkylation sites (tertiary alicyclic amines) is 1. The summed E-state index contributed by atoms with van der Waals surface area (Å²) in [6, 6.07) is 8.85. The normalized spacial score (nSPS) is 16.4. The van der Waals surface area contributed by atoms with Crippen LogP contribution in [0.15, 0.2) is 48.9 Å². The standard InChI is InChI=1S/C26H24F4N6O/c1-15-20(25(37)35-8-2-3-17(13-35)9-16-4-6-19(27)7-5-16)10-18(12-32-15)22-11-21(26(28,29)30)23-24(31)33-14-34-36(22)23/h4-7,10-12,14,17H,2-3,8-9,13H2,1H3,(H2,31,33,34)/t17-/m1/s1. The van der Waals surface area contributed by atoms with Crippen LogP contribution in [0.4, 0.5) is 23.4 Å². The molecule has 0 aliphatic carbocycles. The van der Waals surface area contributed by atoms with Crippen LogP contribution in [0, 0.1) is 18.7 Å². The first-order valence-electron chi connectivity index (χ1n) is 11.8. The highest BCUT2D eigenvalue weighted by molar-refractivity contribution is 5.96. The number of piperidine rings is 1. The zero-order valence-electron chi connectivity index (χ0n) is 20.0. The van der Waals surface area contributed by atoms with Gasteiger partial charge in [0.1, 0.15) is 17.7 Å². The Morgan fingerprint density at radius 1 is 1.16 bits per heavy atom. The Kier molecular flexibility index (Phi) is 6.30. The molecule has 192 valence electrons. The number of aromatic nitrogens is 4. The van der Waals surface area contributed by atoms with E-state index < -0.39 is 11.7 Å². The van der Waals surface area contributed by atoms with Crippen LogP contribution in [0.1, 0.15) is 40.0 Å². The van der Waals surface area contributed by atoms with Gasteiger partial charge in [0.15, 0.2) is 5.82 Å². The van der Waals surface area contributed by atoms with Crippen molar-refractivity contribution in [2.45, 2.75) is 32.4 Å². The fourth-order valence-corrected chi connectivity index (χ4v) is 4.92. The number of nitrogen functional groups attached to an aromatic ring is 1. The Morgan fingerprint density at radius 2 is 1.92 bits per heavy atom. The van der Waals surface area contributed by atoms with Gasteiger partial charge >= 0.3 is 6.18 Å². The molecule has 0 radical (unpaired) electrons. The molecule has 7 nitrogen and oxygen atoms in total. The molecule has 4 aromatic rings. The fraction of sp³-hybridized carbons (Fsp3) is 0.308. The van der Waals surface area contributed by atoms with E-state index in [0.29, 0.717) is 29.9 Å². The summed E-state index contributed by atoms with van der Waals surface area (Å²) in [5.74, 6) is -0.616. The molecule has 5 rings (SSSR count). The number of hydrogen-bond acceptors (Lipinski definition) is 5. The summed E-state index contributed by atoms with van der Waals surface area (Å²) in [5, 5.41) is 3.97. The monoisotopic (exact) mass is 512 g/mol. The van der Waals surface area contributed by atoms with E-state index in [4.69, 9.17) is 5.73 Å². The number of halogens is 4. The van der Waals surface area contributed by atoms with Crippen molar-refractivity contribution in [3.05, 3.63) is 77.1 Å². The topological polar surface area (TPSA) is 89.4 Å². The summed E-state index contributed by atoms with van der Waals surface area (Å²) in [6.07, 6.45) is 0.300. The summed E-state index contributed by atoms with van der Waals surface area (Å²) in [5.41, 5.74) is 6.63. The third-order valence-corrected chi connectivity index (χ3v) is 6.75. The average Bonchev–Trinajstić information content (AvgIpc) is 3.27. The van der Waals surface area contributed by atoms with Gasteiger partial charge in [-0.25, -0.2) is 13.9 Å². The number of aryl methyl sites for hydroxylation is 1. The van der Waals surface area contributed by atoms with Crippen LogP contribution >= 0.6 is 0 Å². The van der Waals surface area contributed by atoms with Crippen molar-refractivity contribution in [1.82, 2.24) is 24.5 Å². The van der Waals surface area contributed by atoms with Crippen LogP contribution in [0.2, 0.25) is 0 Å². The highest BCUT2D eigenvalue weighted by atomic mass is 19.4. The number of benzene rings is 1. The molecule has 1 saturated heterocycles. The highest BCUT2D eigenvalue weighted by Gasteiger charge is 2.37. The summed E-state index contributed by atoms with van der Waals surface area (Å²) in [7, 11) is 0. The molecule has 1 amide bonds. The smallest absolute Gasteiger partial charge is 0.382 e. The Balaban J connectivity index is 1.45. The van der Waals surface area contributed by atoms with Crippen molar-refractivity contribution in [1.29, 1.82) is 0 Å². The molecule has 0 saturated carbocycles. The van der Waals surface area contributed by atoms with Crippen LogP contribution in [-0.2, 0) is 12.6 Å². The maximum atomic E-state index is 13.7. The molecule has 3 aromatic heterocycles. The van der Waals surface area contributed by atoms with Gasteiger partial charge in [-0.15, -0.1) is 0 Å². The van der Waals surface area contributed by atoms with Crippen LogP contribution in [0.5, 0.6) is 0 Å². The van der Waals surface area contributed by atoms with E-state index in [9.17, 15) is 22.4 Å². The lowest BCUT2D eigenvalue weighted by atomic mass is 9.91. The fourth-order valence-electron chi connectivity index (χ4n) is 4.92. The number of nitrogens with two attached hydrogens (primary N) is 1. The first-order valence-corrected chi connectivity index (χ1v) is 11.8. The summed E-state index contributed by atoms with van der Waals surface area (Å²) in [6.45, 7) is 2.78. The van der Waals surface area contributed by atoms with Crippen molar-refractivity contribution in [2.75, 3.05) is 18.8 Å². The number of pyridine rings is 1. The number of anilines is 1. The molecule has 1 aliphatic rings. The van der Waals surface area contributed by atoms with E-state index in [1.54, 1.807) is 30.0 Å². The lowest BCUT2D eigenvalue weighted by Gasteiger charge is -2.33. The van der Waals surface area contributed by atoms with Gasteiger partial charge in [0.05, 0.1) is 22.5 Å². The lowest BCUT2D eigenvalue weighted by molar-refractivity contribution is -0.136. The number of amides is 1. The first-order chi connectivity index (χ1) is 17.6. The molecule has 1 atom stereocenters. The average molecular weight is 513 g/mol. The van der Waals surface area contributed by atoms with Crippen LogP contribution in [0.25, 0.3) is 16.8 Å². The van der Waals surface area contributed by atoms with Crippen molar-refractivity contribution < 1.29 is 22.4 Å². The van der Waals surface area contributed by atoms with Crippen LogP contribution in [0.3, 0.4) is 0 Å². The Bertz CT molecular complexity index is 1460. The second-order valence-electron chi connectivity index (χ2n) is 9.29. The third-order valence-electron chi connectivity index (χ3n) is 6.75. The van der Waals surface area contributed by atoms with Gasteiger partial charge in [-0.1, -0.05) is 12.1 Å². The van der Waals surface area contributed by atoms with E-state index in [1.807, 2.05) is 0 Å². The quantitative estimate of drug-likeness (QED) is 0.392. The zero-order chi connectivity index (χ0) is 26.3. The zero-order valence-corrected chi connectivity index (χ0v) is 20.0. The van der Waals surface area contributed by atoms with Gasteiger partial charge in [-0.3, -0.25) is 9.78 Å². The number of nitrogens with zero attached hydrogens (tertiary/aromatic N) is 5. The van der Waals surface area contributed by atoms with E-state index >= 15 is 0 Å². The molecular weight excluding hydrogens is 488 g/mol. The van der Waals surface area contributed by atoms with E-state index in [2.05, 4.69) is 15.1 Å². The van der Waals surface area contributed by atoms with Crippen LogP contribution in [-0.4, -0.2) is 43.5 Å². The molecule has 1 fully saturated rings. The van der Waals surface area contributed by atoms with Crippen molar-refractivity contribution in [2.24, 2.45) is 5.92 Å². The molecule has 4 heterocycles. The highest BCUT2D eigenvalue weighted by Crippen LogP contribution is 2.38. The SMILES string of the molecule is Cc1ncc(-c2cc(C(F)(F)F)c3c(N)ncnn23)cc1C(=O)N1CCC[C@H](Cc2ccc(F)cc2)C1. The van der Waals surface area contributed by atoms with Gasteiger partial charge in [0, 0.05) is 24.8 Å². The van der Waals surface area contributed by atoms with Crippen molar-refractivity contribution in [3.8, 4) is 11.3 Å². The minimum atomic E-state index is -4.67. The Labute approximate surface area is 209 Å². The number of rotatable bonds is 4. The predicted molar refractivity (Wildman–Crippen MR) is 129 cm³/mol. The minimum absolute atomic E-state index is 0.103. The van der Waals surface area contributed by atoms with Gasteiger partial charge in [0.25, 0.3) is 5.91 Å². The number of fused-ring (bicyclic) bond motifs is 1. The number of alkyl halides is 3. The summed E-state index contributed by atoms with van der Waals surface area (Å²) < 4.78 is 55.5. The minimum Gasteiger partial charge on any atom is -0.382 e. The van der Waals surface area contributed by atoms with E-state index in [-0.39, 0.29) is 34.7 Å². The van der Waals surface area contributed by atoms with Crippen LogP contribution < -0.4 is 5.73 Å². The maximum Gasteiger partial charge on any atom is 0.418 e. The second-order valence-corrected chi connectivity index (χ2v) is 9.29. The third kappa shape index (κ3) is 4.85. The van der Waals surface area contributed by atoms with Gasteiger partial charge < -0.3 is 10.6 Å². The maximum absolute atomic E-state index is 13.7. The van der Waals surface area contributed by atoms with Crippen molar-refractivity contribution in [3.63, 3.8) is 0 Å². The number of carbonyl (C=O) groups is 1. The van der Waals surface area contributed by atoms with E-state index in [0.717, 1.165) is 41.7 Å². The Hall–Kier alpha value is -4.02. The Morgan fingerprint density at radius 3 is 2.65 bits per heavy atom. The van der Waals surface area contributed by atoms with Crippen molar-refractivity contribution >= 4 is 17.2 Å². The molecule has 2 N–H and O–H groups in total. The molecule has 0 bridgehead atoms.